The minimum absolute atomic E-state index is 0.00804. The van der Waals surface area contributed by atoms with E-state index in [4.69, 9.17) is 4.74 Å². The molecule has 7 nitrogen and oxygen atoms in total. The molecule has 1 aliphatic carbocycles. The van der Waals surface area contributed by atoms with Crippen LogP contribution in [-0.4, -0.2) is 42.3 Å². The molecule has 7 heteroatoms. The highest BCUT2D eigenvalue weighted by Gasteiger charge is 2.57. The molecule has 126 valence electrons. The van der Waals surface area contributed by atoms with Crippen LogP contribution >= 0.6 is 0 Å². The molecule has 1 saturated heterocycles. The number of carbonyl (C=O) groups excluding carboxylic acids is 2. The number of benzene rings is 1. The fourth-order valence-corrected chi connectivity index (χ4v) is 4.41. The lowest BCUT2D eigenvalue weighted by molar-refractivity contribution is -0.384. The van der Waals surface area contributed by atoms with Gasteiger partial charge in [-0.1, -0.05) is 0 Å². The molecule has 1 aromatic carbocycles. The number of Topliss-reactive ketones (excluding diaryl/α,β-unsaturated/α-hetero) is 2. The summed E-state index contributed by atoms with van der Waals surface area (Å²) in [5, 5.41) is 11.1. The van der Waals surface area contributed by atoms with Crippen molar-refractivity contribution in [3.8, 4) is 0 Å². The Kier molecular flexibility index (Phi) is 3.42. The van der Waals surface area contributed by atoms with Crippen molar-refractivity contribution in [1.82, 2.24) is 0 Å². The first-order chi connectivity index (χ1) is 11.5. The number of hydrogen-bond acceptors (Lipinski definition) is 6. The zero-order valence-corrected chi connectivity index (χ0v) is 13.2. The molecule has 3 aliphatic rings. The molecule has 4 rings (SSSR count). The minimum Gasteiger partial charge on any atom is -0.377 e. The molecule has 0 N–H and O–H groups in total. The highest BCUT2D eigenvalue weighted by atomic mass is 16.6. The SMILES string of the molecule is O=C1CCCC(=O)C12Cc1cc([N+](=O)[O-])ccc1N1CCOCC12. The van der Waals surface area contributed by atoms with Crippen molar-refractivity contribution in [1.29, 1.82) is 0 Å². The van der Waals surface area contributed by atoms with Crippen LogP contribution in [-0.2, 0) is 20.7 Å². The predicted octanol–water partition coefficient (Wildman–Crippen LogP) is 1.66. The number of nitro groups is 1. The van der Waals surface area contributed by atoms with E-state index in [1.165, 1.54) is 12.1 Å². The standard InChI is InChI=1S/C17H18N2O5/c20-15-2-1-3-16(21)17(15)9-11-8-12(19(22)23)4-5-13(11)18-6-7-24-10-14(17)18/h4-5,8,14H,1-3,6-7,9-10H2. The first-order valence-electron chi connectivity index (χ1n) is 8.22. The zero-order valence-electron chi connectivity index (χ0n) is 13.2. The van der Waals surface area contributed by atoms with E-state index in [-0.39, 0.29) is 29.7 Å². The molecule has 1 atom stereocenters. The van der Waals surface area contributed by atoms with E-state index in [2.05, 4.69) is 0 Å². The Morgan fingerprint density at radius 1 is 1.25 bits per heavy atom. The molecular formula is C17H18N2O5. The number of nitrogens with zero attached hydrogens (tertiary/aromatic N) is 2. The van der Waals surface area contributed by atoms with Crippen molar-refractivity contribution in [2.24, 2.45) is 5.41 Å². The van der Waals surface area contributed by atoms with Gasteiger partial charge in [0.05, 0.1) is 24.2 Å². The van der Waals surface area contributed by atoms with Crippen LogP contribution in [0.25, 0.3) is 0 Å². The summed E-state index contributed by atoms with van der Waals surface area (Å²) in [4.78, 5) is 38.4. The number of rotatable bonds is 1. The minimum atomic E-state index is -1.11. The molecule has 0 aromatic heterocycles. The number of nitro benzene ring substituents is 1. The first kappa shape index (κ1) is 15.3. The van der Waals surface area contributed by atoms with E-state index in [9.17, 15) is 19.7 Å². The smallest absolute Gasteiger partial charge is 0.269 e. The summed E-state index contributed by atoms with van der Waals surface area (Å²) in [5.74, 6) is -0.0900. The number of carbonyl (C=O) groups is 2. The van der Waals surface area contributed by atoms with Crippen molar-refractivity contribution in [2.75, 3.05) is 24.7 Å². The number of hydrogen-bond donors (Lipinski definition) is 0. The maximum Gasteiger partial charge on any atom is 0.269 e. The van der Waals surface area contributed by atoms with Crippen LogP contribution in [0.3, 0.4) is 0 Å². The van der Waals surface area contributed by atoms with Crippen molar-refractivity contribution in [3.63, 3.8) is 0 Å². The molecule has 1 unspecified atom stereocenters. The second kappa shape index (κ2) is 5.37. The molecule has 24 heavy (non-hydrogen) atoms. The number of anilines is 1. The van der Waals surface area contributed by atoms with Crippen molar-refractivity contribution < 1.29 is 19.2 Å². The van der Waals surface area contributed by atoms with Gasteiger partial charge < -0.3 is 9.64 Å². The van der Waals surface area contributed by atoms with Crippen LogP contribution < -0.4 is 4.90 Å². The Balaban J connectivity index is 1.88. The number of ketones is 2. The Bertz CT molecular complexity index is 728. The van der Waals surface area contributed by atoms with Crippen LogP contribution in [0.5, 0.6) is 0 Å². The van der Waals surface area contributed by atoms with Gasteiger partial charge in [0.25, 0.3) is 5.69 Å². The summed E-state index contributed by atoms with van der Waals surface area (Å²) in [6, 6.07) is 4.42. The molecule has 0 bridgehead atoms. The lowest BCUT2D eigenvalue weighted by Crippen LogP contribution is -2.65. The van der Waals surface area contributed by atoms with Crippen molar-refractivity contribution >= 4 is 22.9 Å². The van der Waals surface area contributed by atoms with E-state index in [1.807, 2.05) is 4.90 Å². The van der Waals surface area contributed by atoms with E-state index < -0.39 is 10.3 Å². The summed E-state index contributed by atoms with van der Waals surface area (Å²) in [6.07, 6.45) is 1.61. The second-order valence-electron chi connectivity index (χ2n) is 6.70. The van der Waals surface area contributed by atoms with Crippen LogP contribution in [0, 0.1) is 15.5 Å². The molecule has 0 radical (unpaired) electrons. The molecule has 2 aliphatic heterocycles. The van der Waals surface area contributed by atoms with Gasteiger partial charge in [-0.05, 0) is 24.5 Å². The normalized spacial score (nSPS) is 25.3. The first-order valence-corrected chi connectivity index (χ1v) is 8.22. The number of ether oxygens (including phenoxy) is 1. The van der Waals surface area contributed by atoms with E-state index in [0.29, 0.717) is 44.6 Å². The van der Waals surface area contributed by atoms with Gasteiger partial charge in [0.2, 0.25) is 0 Å². The largest absolute Gasteiger partial charge is 0.377 e. The molecule has 2 fully saturated rings. The summed E-state index contributed by atoms with van der Waals surface area (Å²) in [7, 11) is 0. The van der Waals surface area contributed by atoms with Gasteiger partial charge >= 0.3 is 0 Å². The highest BCUT2D eigenvalue weighted by Crippen LogP contribution is 2.47. The number of non-ortho nitro benzene ring substituents is 1. The number of fused-ring (bicyclic) bond motifs is 4. The van der Waals surface area contributed by atoms with E-state index in [0.717, 1.165) is 5.69 Å². The fourth-order valence-electron chi connectivity index (χ4n) is 4.41. The molecule has 0 amide bonds. The van der Waals surface area contributed by atoms with Gasteiger partial charge in [0.15, 0.2) is 0 Å². The Labute approximate surface area is 138 Å². The number of morpholine rings is 1. The van der Waals surface area contributed by atoms with Gasteiger partial charge in [-0.15, -0.1) is 0 Å². The third kappa shape index (κ3) is 2.00. The molecule has 1 aromatic rings. The summed E-state index contributed by atoms with van der Waals surface area (Å²) >= 11 is 0. The second-order valence-corrected chi connectivity index (χ2v) is 6.70. The van der Waals surface area contributed by atoms with Crippen molar-refractivity contribution in [2.45, 2.75) is 31.7 Å². The van der Waals surface area contributed by atoms with Gasteiger partial charge in [-0.3, -0.25) is 19.7 Å². The van der Waals surface area contributed by atoms with Crippen LogP contribution in [0.2, 0.25) is 0 Å². The summed E-state index contributed by atoms with van der Waals surface area (Å²) in [6.45, 7) is 1.44. The van der Waals surface area contributed by atoms with E-state index in [1.54, 1.807) is 6.07 Å². The van der Waals surface area contributed by atoms with E-state index >= 15 is 0 Å². The Hall–Kier alpha value is -2.28. The average molecular weight is 330 g/mol. The molecular weight excluding hydrogens is 312 g/mol. The Morgan fingerprint density at radius 2 is 2.00 bits per heavy atom. The van der Waals surface area contributed by atoms with Gasteiger partial charge in [-0.25, -0.2) is 0 Å². The maximum atomic E-state index is 12.8. The lowest BCUT2D eigenvalue weighted by atomic mass is 9.61. The van der Waals surface area contributed by atoms with Crippen molar-refractivity contribution in [3.05, 3.63) is 33.9 Å². The highest BCUT2D eigenvalue weighted by molar-refractivity contribution is 6.11. The molecule has 1 spiro atoms. The third-order valence-electron chi connectivity index (χ3n) is 5.55. The maximum absolute atomic E-state index is 12.8. The van der Waals surface area contributed by atoms with Crippen LogP contribution in [0.4, 0.5) is 11.4 Å². The zero-order chi connectivity index (χ0) is 16.9. The van der Waals surface area contributed by atoms with Gasteiger partial charge in [0, 0.05) is 37.2 Å². The average Bonchev–Trinajstić information content (AvgIpc) is 2.59. The van der Waals surface area contributed by atoms with Crippen LogP contribution in [0.1, 0.15) is 24.8 Å². The molecule has 2 heterocycles. The quantitative estimate of drug-likeness (QED) is 0.442. The van der Waals surface area contributed by atoms with Gasteiger partial charge in [0.1, 0.15) is 17.0 Å². The summed E-state index contributed by atoms with van der Waals surface area (Å²) in [5.41, 5.74) is 0.476. The van der Waals surface area contributed by atoms with Gasteiger partial charge in [-0.2, -0.15) is 0 Å². The van der Waals surface area contributed by atoms with Crippen LogP contribution in [0.15, 0.2) is 18.2 Å². The lowest BCUT2D eigenvalue weighted by Gasteiger charge is -2.52. The third-order valence-corrected chi connectivity index (χ3v) is 5.55. The predicted molar refractivity (Wildman–Crippen MR) is 85.1 cm³/mol. The Morgan fingerprint density at radius 3 is 2.71 bits per heavy atom. The molecule has 1 saturated carbocycles. The topological polar surface area (TPSA) is 89.8 Å². The fraction of sp³-hybridized carbons (Fsp3) is 0.529. The monoisotopic (exact) mass is 330 g/mol. The summed E-state index contributed by atoms with van der Waals surface area (Å²) < 4.78 is 5.59.